The van der Waals surface area contributed by atoms with Crippen molar-refractivity contribution >= 4 is 34.7 Å². The van der Waals surface area contributed by atoms with Crippen molar-refractivity contribution in [3.63, 3.8) is 0 Å². The van der Waals surface area contributed by atoms with Crippen LogP contribution in [0.4, 0.5) is 5.69 Å². The molecule has 0 aliphatic carbocycles. The van der Waals surface area contributed by atoms with Crippen molar-refractivity contribution in [2.24, 2.45) is 0 Å². The number of hydrogen-bond donors (Lipinski definition) is 0. The molecule has 0 radical (unpaired) electrons. The monoisotopic (exact) mass is 453 g/mol. The van der Waals surface area contributed by atoms with E-state index in [1.165, 1.54) is 4.90 Å². The molecule has 0 bridgehead atoms. The number of halogens is 1. The van der Waals surface area contributed by atoms with E-state index in [2.05, 4.69) is 11.9 Å². The van der Waals surface area contributed by atoms with Gasteiger partial charge in [0.1, 0.15) is 11.4 Å². The van der Waals surface area contributed by atoms with Crippen LogP contribution in [0.5, 0.6) is 5.75 Å². The van der Waals surface area contributed by atoms with Crippen LogP contribution in [0.25, 0.3) is 5.57 Å². The average Bonchev–Trinajstić information content (AvgIpc) is 3.01. The summed E-state index contributed by atoms with van der Waals surface area (Å²) in [5, 5.41) is 0.521. The number of anilines is 1. The Morgan fingerprint density at radius 3 is 2.22 bits per heavy atom. The van der Waals surface area contributed by atoms with E-state index in [0.29, 0.717) is 46.2 Å². The van der Waals surface area contributed by atoms with Crippen LogP contribution >= 0.6 is 11.6 Å². The summed E-state index contributed by atoms with van der Waals surface area (Å²) >= 11 is 6.31. The van der Waals surface area contributed by atoms with Gasteiger partial charge in [0.15, 0.2) is 0 Å². The van der Waals surface area contributed by atoms with E-state index in [9.17, 15) is 9.59 Å². The fraction of sp³-hybridized carbons (Fsp3) is 0.360. The normalized spacial score (nSPS) is 17.7. The Morgan fingerprint density at radius 1 is 0.938 bits per heavy atom. The lowest BCUT2D eigenvalue weighted by Crippen LogP contribution is -2.46. The van der Waals surface area contributed by atoms with Crippen molar-refractivity contribution in [3.8, 4) is 5.75 Å². The molecular weight excluding hydrogens is 426 g/mol. The molecule has 2 aliphatic heterocycles. The van der Waals surface area contributed by atoms with Crippen molar-refractivity contribution in [1.82, 2.24) is 9.80 Å². The van der Waals surface area contributed by atoms with Gasteiger partial charge in [0, 0.05) is 31.2 Å². The number of piperazine rings is 1. The first-order chi connectivity index (χ1) is 15.3. The molecule has 7 heteroatoms. The molecule has 2 aromatic carbocycles. The maximum atomic E-state index is 13.7. The lowest BCUT2D eigenvalue weighted by molar-refractivity contribution is -0.120. The van der Waals surface area contributed by atoms with E-state index < -0.39 is 0 Å². The van der Waals surface area contributed by atoms with Gasteiger partial charge in [-0.15, -0.1) is 0 Å². The van der Waals surface area contributed by atoms with Crippen molar-refractivity contribution in [3.05, 3.63) is 64.3 Å². The second kappa shape index (κ2) is 8.96. The molecule has 2 aromatic rings. The molecule has 0 N–H and O–H groups in total. The molecule has 1 fully saturated rings. The van der Waals surface area contributed by atoms with Crippen molar-refractivity contribution in [2.45, 2.75) is 26.9 Å². The molecule has 168 valence electrons. The Morgan fingerprint density at radius 2 is 1.59 bits per heavy atom. The molecule has 0 unspecified atom stereocenters. The standard InChI is InChI=1S/C25H28ClN3O3/c1-16(2)32-19-10-8-18(9-11-19)22-23(28-14-12-27(4)13-15-28)25(31)29(24(22)30)21-7-5-6-20(26)17(21)3/h5-11,16H,12-15H2,1-4H3. The second-order valence-electron chi connectivity index (χ2n) is 8.53. The van der Waals surface area contributed by atoms with Gasteiger partial charge in [0.2, 0.25) is 0 Å². The fourth-order valence-corrected chi connectivity index (χ4v) is 4.30. The number of ether oxygens (including phenoxy) is 1. The number of nitrogens with zero attached hydrogens (tertiary/aromatic N) is 3. The third-order valence-electron chi connectivity index (χ3n) is 5.87. The van der Waals surface area contributed by atoms with E-state index in [1.54, 1.807) is 18.2 Å². The first-order valence-corrected chi connectivity index (χ1v) is 11.2. The summed E-state index contributed by atoms with van der Waals surface area (Å²) in [6.45, 7) is 8.78. The van der Waals surface area contributed by atoms with Crippen LogP contribution < -0.4 is 9.64 Å². The maximum absolute atomic E-state index is 13.7. The molecule has 0 saturated carbocycles. The van der Waals surface area contributed by atoms with E-state index in [1.807, 2.05) is 49.9 Å². The highest BCUT2D eigenvalue weighted by Crippen LogP contribution is 2.38. The van der Waals surface area contributed by atoms with Crippen LogP contribution in [0.2, 0.25) is 5.02 Å². The number of benzene rings is 2. The van der Waals surface area contributed by atoms with E-state index in [-0.39, 0.29) is 17.9 Å². The molecular formula is C25H28ClN3O3. The Hall–Kier alpha value is -2.83. The van der Waals surface area contributed by atoms with Gasteiger partial charge in [0.05, 0.1) is 17.4 Å². The highest BCUT2D eigenvalue weighted by molar-refractivity contribution is 6.46. The number of hydrogen-bond acceptors (Lipinski definition) is 5. The summed E-state index contributed by atoms with van der Waals surface area (Å²) in [5.41, 5.74) is 2.81. The Labute approximate surface area is 194 Å². The zero-order valence-corrected chi connectivity index (χ0v) is 19.6. The number of likely N-dealkylation sites (N-methyl/N-ethyl adjacent to an activating group) is 1. The van der Waals surface area contributed by atoms with Crippen molar-refractivity contribution < 1.29 is 14.3 Å². The minimum Gasteiger partial charge on any atom is -0.491 e. The van der Waals surface area contributed by atoms with Gasteiger partial charge >= 0.3 is 0 Å². The summed E-state index contributed by atoms with van der Waals surface area (Å²) in [6, 6.07) is 12.7. The largest absolute Gasteiger partial charge is 0.491 e. The molecule has 2 amide bonds. The summed E-state index contributed by atoms with van der Waals surface area (Å²) in [6.07, 6.45) is 0.0527. The summed E-state index contributed by atoms with van der Waals surface area (Å²) in [4.78, 5) is 32.9. The van der Waals surface area contributed by atoms with Crippen LogP contribution in [0.15, 0.2) is 48.2 Å². The topological polar surface area (TPSA) is 53.1 Å². The third kappa shape index (κ3) is 4.12. The highest BCUT2D eigenvalue weighted by atomic mass is 35.5. The van der Waals surface area contributed by atoms with Gasteiger partial charge in [0.25, 0.3) is 11.8 Å². The van der Waals surface area contributed by atoms with Gasteiger partial charge in [-0.25, -0.2) is 4.90 Å². The van der Waals surface area contributed by atoms with Crippen molar-refractivity contribution in [2.75, 3.05) is 38.1 Å². The quantitative estimate of drug-likeness (QED) is 0.641. The zero-order chi connectivity index (χ0) is 23.0. The summed E-state index contributed by atoms with van der Waals surface area (Å²) < 4.78 is 5.75. The number of imide groups is 1. The van der Waals surface area contributed by atoms with Gasteiger partial charge in [-0.3, -0.25) is 9.59 Å². The Balaban J connectivity index is 1.79. The highest BCUT2D eigenvalue weighted by Gasteiger charge is 2.43. The van der Waals surface area contributed by atoms with Crippen molar-refractivity contribution in [1.29, 1.82) is 0 Å². The van der Waals surface area contributed by atoms with Gasteiger partial charge in [-0.1, -0.05) is 29.8 Å². The molecule has 0 aromatic heterocycles. The predicted octanol–water partition coefficient (Wildman–Crippen LogP) is 3.97. The third-order valence-corrected chi connectivity index (χ3v) is 6.28. The molecule has 4 rings (SSSR count). The molecule has 2 aliphatic rings. The van der Waals surface area contributed by atoms with Crippen LogP contribution in [0.1, 0.15) is 25.0 Å². The predicted molar refractivity (Wildman–Crippen MR) is 127 cm³/mol. The first kappa shape index (κ1) is 22.4. The first-order valence-electron chi connectivity index (χ1n) is 10.9. The summed E-state index contributed by atoms with van der Waals surface area (Å²) in [5.74, 6) is 0.0964. The molecule has 1 saturated heterocycles. The molecule has 32 heavy (non-hydrogen) atoms. The Kier molecular flexibility index (Phi) is 6.26. The molecule has 2 heterocycles. The molecule has 0 spiro atoms. The minimum atomic E-state index is -0.327. The number of carbonyl (C=O) groups excluding carboxylic acids is 2. The molecule has 0 atom stereocenters. The maximum Gasteiger partial charge on any atom is 0.282 e. The lowest BCUT2D eigenvalue weighted by atomic mass is 10.0. The SMILES string of the molecule is Cc1c(Cl)cccc1N1C(=O)C(c2ccc(OC(C)C)cc2)=C(N2CCN(C)CC2)C1=O. The lowest BCUT2D eigenvalue weighted by Gasteiger charge is -2.34. The molecule has 6 nitrogen and oxygen atoms in total. The number of carbonyl (C=O) groups is 2. The number of rotatable bonds is 5. The smallest absolute Gasteiger partial charge is 0.282 e. The Bertz CT molecular complexity index is 1070. The second-order valence-corrected chi connectivity index (χ2v) is 8.94. The van der Waals surface area contributed by atoms with Gasteiger partial charge in [-0.05, 0) is 63.2 Å². The van der Waals surface area contributed by atoms with Gasteiger partial charge < -0.3 is 14.5 Å². The van der Waals surface area contributed by atoms with E-state index in [0.717, 1.165) is 18.8 Å². The van der Waals surface area contributed by atoms with E-state index >= 15 is 0 Å². The van der Waals surface area contributed by atoms with Crippen LogP contribution in [-0.4, -0.2) is 60.9 Å². The number of amides is 2. The van der Waals surface area contributed by atoms with Gasteiger partial charge in [-0.2, -0.15) is 0 Å². The van der Waals surface area contributed by atoms with Crippen LogP contribution in [-0.2, 0) is 9.59 Å². The van der Waals surface area contributed by atoms with Crippen LogP contribution in [0.3, 0.4) is 0 Å². The zero-order valence-electron chi connectivity index (χ0n) is 18.9. The van der Waals surface area contributed by atoms with Crippen LogP contribution in [0, 0.1) is 6.92 Å². The van der Waals surface area contributed by atoms with E-state index in [4.69, 9.17) is 16.3 Å². The fourth-order valence-electron chi connectivity index (χ4n) is 4.13. The summed E-state index contributed by atoms with van der Waals surface area (Å²) in [7, 11) is 2.06. The minimum absolute atomic E-state index is 0.0527. The average molecular weight is 454 g/mol.